The molecule has 3 heterocycles. The van der Waals surface area contributed by atoms with Crippen LogP contribution in [-0.4, -0.2) is 47.0 Å². The lowest BCUT2D eigenvalue weighted by atomic mass is 10.2. The largest absolute Gasteiger partial charge is 0.344 e. The second kappa shape index (κ2) is 7.84. The maximum absolute atomic E-state index is 12.5. The third kappa shape index (κ3) is 3.93. The van der Waals surface area contributed by atoms with Crippen LogP contribution in [0.2, 0.25) is 10.0 Å². The van der Waals surface area contributed by atoms with Gasteiger partial charge in [-0.3, -0.25) is 4.79 Å². The van der Waals surface area contributed by atoms with Gasteiger partial charge in [-0.25, -0.2) is 9.97 Å². The normalized spacial score (nSPS) is 15.0. The van der Waals surface area contributed by atoms with Crippen molar-refractivity contribution in [1.82, 2.24) is 14.9 Å². The Morgan fingerprint density at radius 1 is 1.11 bits per heavy atom. The minimum atomic E-state index is -0.0309. The minimum Gasteiger partial charge on any atom is -0.344 e. The summed E-state index contributed by atoms with van der Waals surface area (Å²) in [4.78, 5) is 26.4. The van der Waals surface area contributed by atoms with Crippen LogP contribution < -0.4 is 4.90 Å². The van der Waals surface area contributed by atoms with Gasteiger partial charge in [-0.2, -0.15) is 0 Å². The summed E-state index contributed by atoms with van der Waals surface area (Å²) in [6.45, 7) is 2.79. The van der Waals surface area contributed by atoms with Crippen LogP contribution in [0.15, 0.2) is 42.6 Å². The molecular formula is C19H16Cl2N4OS. The summed E-state index contributed by atoms with van der Waals surface area (Å²) in [5.41, 5.74) is 1.65. The van der Waals surface area contributed by atoms with Gasteiger partial charge in [-0.1, -0.05) is 46.7 Å². The summed E-state index contributed by atoms with van der Waals surface area (Å²) < 4.78 is 0. The number of halogens is 2. The third-order valence-corrected chi connectivity index (χ3v) is 6.28. The molecule has 27 heavy (non-hydrogen) atoms. The summed E-state index contributed by atoms with van der Waals surface area (Å²) in [5, 5.41) is 1.89. The van der Waals surface area contributed by atoms with E-state index in [2.05, 4.69) is 14.9 Å². The number of amides is 1. The molecule has 0 aliphatic carbocycles. The number of thiazole rings is 1. The molecule has 5 nitrogen and oxygen atoms in total. The molecule has 1 amide bonds. The van der Waals surface area contributed by atoms with Gasteiger partial charge in [0.2, 0.25) is 5.91 Å². The van der Waals surface area contributed by atoms with E-state index in [4.69, 9.17) is 23.2 Å². The number of fused-ring (bicyclic) bond motifs is 1. The highest BCUT2D eigenvalue weighted by atomic mass is 35.5. The molecule has 0 unspecified atom stereocenters. The zero-order valence-corrected chi connectivity index (χ0v) is 16.6. The molecule has 138 valence electrons. The number of hydrogen-bond donors (Lipinski definition) is 0. The lowest BCUT2D eigenvalue weighted by Crippen LogP contribution is -2.48. The maximum Gasteiger partial charge on any atom is 0.246 e. The molecule has 0 saturated carbocycles. The van der Waals surface area contributed by atoms with Crippen LogP contribution in [0.1, 0.15) is 5.56 Å². The number of carbonyl (C=O) groups excluding carboxylic acids is 1. The molecule has 2 aromatic heterocycles. The van der Waals surface area contributed by atoms with E-state index < -0.39 is 0 Å². The van der Waals surface area contributed by atoms with E-state index in [0.29, 0.717) is 23.1 Å². The Labute approximate surface area is 170 Å². The van der Waals surface area contributed by atoms with E-state index in [1.807, 2.05) is 29.2 Å². The molecule has 3 aromatic rings. The zero-order chi connectivity index (χ0) is 18.8. The number of aromatic nitrogens is 2. The molecule has 0 bridgehead atoms. The number of hydrogen-bond acceptors (Lipinski definition) is 5. The van der Waals surface area contributed by atoms with Crippen molar-refractivity contribution in [2.24, 2.45) is 0 Å². The number of piperazine rings is 1. The van der Waals surface area contributed by atoms with E-state index in [9.17, 15) is 4.79 Å². The Bertz CT molecular complexity index is 979. The van der Waals surface area contributed by atoms with Crippen LogP contribution in [0.25, 0.3) is 16.4 Å². The van der Waals surface area contributed by atoms with Crippen molar-refractivity contribution in [3.05, 3.63) is 58.2 Å². The van der Waals surface area contributed by atoms with Crippen LogP contribution in [0.4, 0.5) is 5.13 Å². The summed E-state index contributed by atoms with van der Waals surface area (Å²) in [6, 6.07) is 9.22. The highest BCUT2D eigenvalue weighted by Gasteiger charge is 2.22. The van der Waals surface area contributed by atoms with Gasteiger partial charge in [0.05, 0.1) is 10.0 Å². The standard InChI is InChI=1S/C19H16Cl2N4OS/c20-14-4-1-3-13(17(14)21)6-7-16(26)24-9-11-25(12-10-24)19-23-15-5-2-8-22-18(15)27-19/h1-8H,9-12H2/b7-6+. The quantitative estimate of drug-likeness (QED) is 0.592. The van der Waals surface area contributed by atoms with Gasteiger partial charge in [0.25, 0.3) is 0 Å². The van der Waals surface area contributed by atoms with Crippen LogP contribution in [0, 0.1) is 0 Å². The van der Waals surface area contributed by atoms with Gasteiger partial charge >= 0.3 is 0 Å². The molecule has 1 aliphatic rings. The number of rotatable bonds is 3. The van der Waals surface area contributed by atoms with Gasteiger partial charge < -0.3 is 9.80 Å². The zero-order valence-electron chi connectivity index (χ0n) is 14.3. The predicted octanol–water partition coefficient (Wildman–Crippen LogP) is 4.36. The Hall–Kier alpha value is -2.15. The first kappa shape index (κ1) is 18.2. The molecule has 8 heteroatoms. The van der Waals surface area contributed by atoms with Crippen molar-refractivity contribution in [1.29, 1.82) is 0 Å². The van der Waals surface area contributed by atoms with Gasteiger partial charge in [0, 0.05) is 38.5 Å². The minimum absolute atomic E-state index is 0.0309. The Balaban J connectivity index is 1.39. The molecular weight excluding hydrogens is 403 g/mol. The molecule has 1 fully saturated rings. The van der Waals surface area contributed by atoms with Crippen LogP contribution >= 0.6 is 34.5 Å². The Kier molecular flexibility index (Phi) is 5.29. The average Bonchev–Trinajstić information content (AvgIpc) is 3.13. The van der Waals surface area contributed by atoms with Crippen molar-refractivity contribution >= 4 is 62.0 Å². The van der Waals surface area contributed by atoms with Gasteiger partial charge in [0.1, 0.15) is 10.3 Å². The molecule has 4 rings (SSSR count). The monoisotopic (exact) mass is 418 g/mol. The van der Waals surface area contributed by atoms with Gasteiger partial charge in [-0.15, -0.1) is 0 Å². The molecule has 0 spiro atoms. The number of benzene rings is 1. The van der Waals surface area contributed by atoms with Crippen molar-refractivity contribution in [2.75, 3.05) is 31.1 Å². The van der Waals surface area contributed by atoms with E-state index in [1.54, 1.807) is 35.8 Å². The van der Waals surface area contributed by atoms with Crippen molar-refractivity contribution < 1.29 is 4.79 Å². The van der Waals surface area contributed by atoms with Gasteiger partial charge in [0.15, 0.2) is 5.13 Å². The number of carbonyl (C=O) groups is 1. The second-order valence-electron chi connectivity index (χ2n) is 6.11. The second-order valence-corrected chi connectivity index (χ2v) is 7.85. The van der Waals surface area contributed by atoms with Crippen LogP contribution in [0.5, 0.6) is 0 Å². The smallest absolute Gasteiger partial charge is 0.246 e. The molecule has 0 N–H and O–H groups in total. The van der Waals surface area contributed by atoms with E-state index in [-0.39, 0.29) is 5.91 Å². The fourth-order valence-electron chi connectivity index (χ4n) is 2.93. The van der Waals surface area contributed by atoms with Crippen LogP contribution in [-0.2, 0) is 4.79 Å². The van der Waals surface area contributed by atoms with Crippen LogP contribution in [0.3, 0.4) is 0 Å². The van der Waals surface area contributed by atoms with Crippen molar-refractivity contribution in [3.8, 4) is 0 Å². The number of nitrogens with zero attached hydrogens (tertiary/aromatic N) is 4. The first-order valence-corrected chi connectivity index (χ1v) is 10.1. The summed E-state index contributed by atoms with van der Waals surface area (Å²) >= 11 is 13.7. The highest BCUT2D eigenvalue weighted by Crippen LogP contribution is 2.28. The number of anilines is 1. The lowest BCUT2D eigenvalue weighted by molar-refractivity contribution is -0.126. The fourth-order valence-corrected chi connectivity index (χ4v) is 4.26. The topological polar surface area (TPSA) is 49.3 Å². The van der Waals surface area contributed by atoms with Crippen molar-refractivity contribution in [2.45, 2.75) is 0 Å². The Morgan fingerprint density at radius 2 is 1.93 bits per heavy atom. The molecule has 1 saturated heterocycles. The SMILES string of the molecule is O=C(/C=C/c1cccc(Cl)c1Cl)N1CCN(c2nc3cccnc3s2)CC1. The van der Waals surface area contributed by atoms with E-state index in [0.717, 1.165) is 34.1 Å². The summed E-state index contributed by atoms with van der Waals surface area (Å²) in [5.74, 6) is -0.0309. The average molecular weight is 419 g/mol. The highest BCUT2D eigenvalue weighted by molar-refractivity contribution is 7.21. The van der Waals surface area contributed by atoms with Crippen molar-refractivity contribution in [3.63, 3.8) is 0 Å². The maximum atomic E-state index is 12.5. The van der Waals surface area contributed by atoms with E-state index >= 15 is 0 Å². The molecule has 1 aliphatic heterocycles. The Morgan fingerprint density at radius 3 is 2.70 bits per heavy atom. The van der Waals surface area contributed by atoms with Gasteiger partial charge in [-0.05, 0) is 29.8 Å². The number of pyridine rings is 1. The van der Waals surface area contributed by atoms with E-state index in [1.165, 1.54) is 0 Å². The summed E-state index contributed by atoms with van der Waals surface area (Å²) in [7, 11) is 0. The molecule has 0 radical (unpaired) electrons. The summed E-state index contributed by atoms with van der Waals surface area (Å²) in [6.07, 6.45) is 5.04. The predicted molar refractivity (Wildman–Crippen MR) is 112 cm³/mol. The lowest BCUT2D eigenvalue weighted by Gasteiger charge is -2.34. The fraction of sp³-hybridized carbons (Fsp3) is 0.211. The first-order valence-electron chi connectivity index (χ1n) is 8.49. The first-order chi connectivity index (χ1) is 13.1. The third-order valence-electron chi connectivity index (χ3n) is 4.40. The molecule has 1 aromatic carbocycles. The molecule has 0 atom stereocenters.